The normalized spacial score (nSPS) is 14.7. The number of aryl methyl sites for hydroxylation is 2. The standard InChI is InChI=1S/C33H38FN5O2/c1-22-11-15-36-24(3)32(22)33(41)37-16-12-23(2)38-17-13-30(14-18-38)39(29-8-6-27(7-9-29)25(4)40)21-28-19-26(20-35)5-10-31(28)34/h5-11,15,19,23,30H,12-14,16-18,21H2,1-4H3,(H,37,41)/t23-/m1/s1. The molecule has 7 nitrogen and oxygen atoms in total. The zero-order chi connectivity index (χ0) is 29.5. The number of halogens is 1. The minimum atomic E-state index is -0.334. The maximum atomic E-state index is 14.8. The average molecular weight is 556 g/mol. The van der Waals surface area contributed by atoms with Crippen LogP contribution in [0.4, 0.5) is 10.1 Å². The Morgan fingerprint density at radius 3 is 2.49 bits per heavy atom. The molecule has 1 amide bonds. The van der Waals surface area contributed by atoms with Crippen molar-refractivity contribution in [2.45, 2.75) is 65.6 Å². The SMILES string of the molecule is CC(=O)c1ccc(N(Cc2cc(C#N)ccc2F)C2CCN([C@H](C)CCNC(=O)c3c(C)ccnc3C)CC2)cc1. The number of carbonyl (C=O) groups excluding carboxylic acids is 2. The van der Waals surface area contributed by atoms with Crippen LogP contribution in [0, 0.1) is 31.0 Å². The topological polar surface area (TPSA) is 89.3 Å². The highest BCUT2D eigenvalue weighted by Gasteiger charge is 2.28. The smallest absolute Gasteiger partial charge is 0.253 e. The Labute approximate surface area is 242 Å². The van der Waals surface area contributed by atoms with E-state index in [0.717, 1.165) is 49.3 Å². The molecule has 1 saturated heterocycles. The lowest BCUT2D eigenvalue weighted by molar-refractivity contribution is 0.0942. The summed E-state index contributed by atoms with van der Waals surface area (Å²) in [6.07, 6.45) is 4.32. The van der Waals surface area contributed by atoms with E-state index in [1.807, 2.05) is 44.2 Å². The quantitative estimate of drug-likeness (QED) is 0.328. The first-order valence-electron chi connectivity index (χ1n) is 14.2. The van der Waals surface area contributed by atoms with Gasteiger partial charge in [0, 0.05) is 61.3 Å². The van der Waals surface area contributed by atoms with Crippen molar-refractivity contribution in [1.82, 2.24) is 15.2 Å². The molecule has 0 unspecified atom stereocenters. The average Bonchev–Trinajstić information content (AvgIpc) is 2.97. The molecule has 1 aliphatic heterocycles. The fourth-order valence-electron chi connectivity index (χ4n) is 5.61. The predicted molar refractivity (Wildman–Crippen MR) is 158 cm³/mol. The third-order valence-electron chi connectivity index (χ3n) is 8.11. The highest BCUT2D eigenvalue weighted by atomic mass is 19.1. The Hall–Kier alpha value is -4.09. The number of carbonyl (C=O) groups is 2. The van der Waals surface area contributed by atoms with Crippen LogP contribution in [0.15, 0.2) is 54.7 Å². The highest BCUT2D eigenvalue weighted by Crippen LogP contribution is 2.28. The number of hydrogen-bond donors (Lipinski definition) is 1. The molecule has 41 heavy (non-hydrogen) atoms. The second-order valence-corrected chi connectivity index (χ2v) is 10.9. The van der Waals surface area contributed by atoms with Crippen LogP contribution in [-0.2, 0) is 6.54 Å². The molecule has 1 fully saturated rings. The Morgan fingerprint density at radius 1 is 1.15 bits per heavy atom. The molecule has 4 rings (SSSR count). The molecule has 0 aliphatic carbocycles. The van der Waals surface area contributed by atoms with Gasteiger partial charge in [-0.25, -0.2) is 4.39 Å². The van der Waals surface area contributed by atoms with E-state index in [2.05, 4.69) is 33.1 Å². The fourth-order valence-corrected chi connectivity index (χ4v) is 5.61. The number of nitrogens with zero attached hydrogens (tertiary/aromatic N) is 4. The fraction of sp³-hybridized carbons (Fsp3) is 0.394. The van der Waals surface area contributed by atoms with Crippen molar-refractivity contribution in [3.63, 3.8) is 0 Å². The van der Waals surface area contributed by atoms with E-state index in [4.69, 9.17) is 0 Å². The number of benzene rings is 2. The molecule has 2 heterocycles. The molecule has 1 atom stereocenters. The van der Waals surface area contributed by atoms with E-state index in [1.54, 1.807) is 19.2 Å². The van der Waals surface area contributed by atoms with Gasteiger partial charge >= 0.3 is 0 Å². The van der Waals surface area contributed by atoms with Gasteiger partial charge < -0.3 is 15.1 Å². The number of pyridine rings is 1. The molecule has 214 valence electrons. The molecule has 3 aromatic rings. The molecule has 2 aromatic carbocycles. The van der Waals surface area contributed by atoms with Gasteiger partial charge in [-0.1, -0.05) is 0 Å². The monoisotopic (exact) mass is 555 g/mol. The predicted octanol–water partition coefficient (Wildman–Crippen LogP) is 5.59. The molecular weight excluding hydrogens is 517 g/mol. The molecule has 0 radical (unpaired) electrons. The van der Waals surface area contributed by atoms with Crippen molar-refractivity contribution in [2.75, 3.05) is 24.5 Å². The molecule has 1 aliphatic rings. The van der Waals surface area contributed by atoms with E-state index < -0.39 is 0 Å². The van der Waals surface area contributed by atoms with Gasteiger partial charge in [-0.3, -0.25) is 14.6 Å². The van der Waals surface area contributed by atoms with Crippen LogP contribution in [-0.4, -0.2) is 53.3 Å². The molecular formula is C33H38FN5O2. The number of aromatic nitrogens is 1. The highest BCUT2D eigenvalue weighted by molar-refractivity contribution is 5.96. The minimum absolute atomic E-state index is 0.0000515. The third-order valence-corrected chi connectivity index (χ3v) is 8.11. The number of piperidine rings is 1. The minimum Gasteiger partial charge on any atom is -0.364 e. The molecule has 8 heteroatoms. The van der Waals surface area contributed by atoms with Gasteiger partial charge in [-0.05, 0) is 101 Å². The number of anilines is 1. The molecule has 1 N–H and O–H groups in total. The summed E-state index contributed by atoms with van der Waals surface area (Å²) in [7, 11) is 0. The number of likely N-dealkylation sites (tertiary alicyclic amines) is 1. The molecule has 0 saturated carbocycles. The van der Waals surface area contributed by atoms with Crippen molar-refractivity contribution in [3.05, 3.63) is 94.1 Å². The van der Waals surface area contributed by atoms with Gasteiger partial charge in [0.25, 0.3) is 5.91 Å². The van der Waals surface area contributed by atoms with E-state index >= 15 is 0 Å². The van der Waals surface area contributed by atoms with Crippen LogP contribution in [0.1, 0.15) is 76.2 Å². The summed E-state index contributed by atoms with van der Waals surface area (Å²) in [5, 5.41) is 12.4. The Balaban J connectivity index is 1.40. The number of nitriles is 1. The number of hydrogen-bond acceptors (Lipinski definition) is 6. The number of rotatable bonds is 10. The first-order valence-corrected chi connectivity index (χ1v) is 14.2. The second-order valence-electron chi connectivity index (χ2n) is 10.9. The lowest BCUT2D eigenvalue weighted by atomic mass is 9.98. The van der Waals surface area contributed by atoms with Crippen molar-refractivity contribution in [3.8, 4) is 6.07 Å². The summed E-state index contributed by atoms with van der Waals surface area (Å²) in [6.45, 7) is 10.2. The number of nitrogens with one attached hydrogen (secondary N) is 1. The van der Waals surface area contributed by atoms with Gasteiger partial charge in [0.05, 0.1) is 22.9 Å². The zero-order valence-corrected chi connectivity index (χ0v) is 24.3. The van der Waals surface area contributed by atoms with Crippen LogP contribution in [0.3, 0.4) is 0 Å². The summed E-state index contributed by atoms with van der Waals surface area (Å²) in [5.74, 6) is -0.419. The van der Waals surface area contributed by atoms with Gasteiger partial charge in [0.1, 0.15) is 5.82 Å². The third kappa shape index (κ3) is 7.36. The van der Waals surface area contributed by atoms with Gasteiger partial charge in [0.15, 0.2) is 5.78 Å². The molecule has 1 aromatic heterocycles. The first kappa shape index (κ1) is 29.9. The van der Waals surface area contributed by atoms with Crippen LogP contribution in [0.25, 0.3) is 0 Å². The molecule has 0 bridgehead atoms. The van der Waals surface area contributed by atoms with Gasteiger partial charge in [0.2, 0.25) is 0 Å². The first-order chi connectivity index (χ1) is 19.7. The van der Waals surface area contributed by atoms with E-state index in [1.165, 1.54) is 12.1 Å². The van der Waals surface area contributed by atoms with E-state index in [-0.39, 0.29) is 23.5 Å². The Bertz CT molecular complexity index is 1400. The van der Waals surface area contributed by atoms with Crippen molar-refractivity contribution in [1.29, 1.82) is 5.26 Å². The van der Waals surface area contributed by atoms with Gasteiger partial charge in [-0.2, -0.15) is 5.26 Å². The summed E-state index contributed by atoms with van der Waals surface area (Å²) >= 11 is 0. The van der Waals surface area contributed by atoms with Crippen molar-refractivity contribution < 1.29 is 14.0 Å². The summed E-state index contributed by atoms with van der Waals surface area (Å²) in [4.78, 5) is 33.4. The summed E-state index contributed by atoms with van der Waals surface area (Å²) in [6, 6.07) is 16.3. The second kappa shape index (κ2) is 13.5. The van der Waals surface area contributed by atoms with Crippen LogP contribution < -0.4 is 10.2 Å². The van der Waals surface area contributed by atoms with E-state index in [0.29, 0.717) is 41.4 Å². The van der Waals surface area contributed by atoms with Crippen molar-refractivity contribution in [2.24, 2.45) is 0 Å². The number of Topliss-reactive ketones (excluding diaryl/α,β-unsaturated/α-hetero) is 1. The largest absolute Gasteiger partial charge is 0.364 e. The van der Waals surface area contributed by atoms with Crippen LogP contribution in [0.5, 0.6) is 0 Å². The Morgan fingerprint density at radius 2 is 1.85 bits per heavy atom. The maximum absolute atomic E-state index is 14.8. The number of ketones is 1. The van der Waals surface area contributed by atoms with Crippen LogP contribution >= 0.6 is 0 Å². The van der Waals surface area contributed by atoms with Crippen molar-refractivity contribution >= 4 is 17.4 Å². The van der Waals surface area contributed by atoms with Gasteiger partial charge in [-0.15, -0.1) is 0 Å². The van der Waals surface area contributed by atoms with E-state index in [9.17, 15) is 19.2 Å². The lowest BCUT2D eigenvalue weighted by Gasteiger charge is -2.42. The molecule has 0 spiro atoms. The number of amides is 1. The van der Waals surface area contributed by atoms with Crippen LogP contribution in [0.2, 0.25) is 0 Å². The zero-order valence-electron chi connectivity index (χ0n) is 24.3. The summed E-state index contributed by atoms with van der Waals surface area (Å²) < 4.78 is 14.8. The lowest BCUT2D eigenvalue weighted by Crippen LogP contribution is -2.48. The Kier molecular flexibility index (Phi) is 9.85. The summed E-state index contributed by atoms with van der Waals surface area (Å²) in [5.41, 5.74) is 4.77. The maximum Gasteiger partial charge on any atom is 0.253 e.